The van der Waals surface area contributed by atoms with Gasteiger partial charge in [-0.25, -0.2) is 4.98 Å². The van der Waals surface area contributed by atoms with Crippen molar-refractivity contribution in [2.24, 2.45) is 5.73 Å². The summed E-state index contributed by atoms with van der Waals surface area (Å²) in [4.78, 5) is 18.1. The van der Waals surface area contributed by atoms with Gasteiger partial charge in [-0.1, -0.05) is 6.08 Å². The molecule has 1 atom stereocenters. The Hall–Kier alpha value is -1.94. The van der Waals surface area contributed by atoms with Crippen LogP contribution in [0, 0.1) is 0 Å². The molecule has 0 aliphatic carbocycles. The van der Waals surface area contributed by atoms with Gasteiger partial charge in [-0.15, -0.1) is 6.58 Å². The maximum Gasteiger partial charge on any atom is 0.249 e. The van der Waals surface area contributed by atoms with Crippen LogP contribution in [0.15, 0.2) is 41.8 Å². The lowest BCUT2D eigenvalue weighted by Gasteiger charge is -2.08. The van der Waals surface area contributed by atoms with Crippen molar-refractivity contribution >= 4 is 11.0 Å². The lowest BCUT2D eigenvalue weighted by atomic mass is 10.1. The molecule has 0 bridgehead atoms. The van der Waals surface area contributed by atoms with Gasteiger partial charge in [0.25, 0.3) is 0 Å². The first-order chi connectivity index (χ1) is 7.22. The molecule has 4 heteroatoms. The van der Waals surface area contributed by atoms with Gasteiger partial charge in [0.15, 0.2) is 0 Å². The Morgan fingerprint density at radius 2 is 2.40 bits per heavy atom. The van der Waals surface area contributed by atoms with Crippen molar-refractivity contribution in [2.75, 3.05) is 0 Å². The van der Waals surface area contributed by atoms with Crippen molar-refractivity contribution < 1.29 is 0 Å². The highest BCUT2D eigenvalue weighted by Crippen LogP contribution is 2.18. The number of hydrogen-bond acceptors (Lipinski definition) is 3. The second kappa shape index (κ2) is 3.67. The van der Waals surface area contributed by atoms with Crippen LogP contribution in [0.5, 0.6) is 0 Å². The fourth-order valence-electron chi connectivity index (χ4n) is 1.51. The third-order valence-corrected chi connectivity index (χ3v) is 2.26. The molecule has 0 fully saturated rings. The smallest absolute Gasteiger partial charge is 0.249 e. The summed E-state index contributed by atoms with van der Waals surface area (Å²) in [5, 5.41) is 0.851. The fourth-order valence-corrected chi connectivity index (χ4v) is 1.51. The van der Waals surface area contributed by atoms with E-state index < -0.39 is 0 Å². The van der Waals surface area contributed by atoms with E-state index in [4.69, 9.17) is 5.73 Å². The molecule has 0 aliphatic rings. The van der Waals surface area contributed by atoms with Crippen molar-refractivity contribution in [3.05, 3.63) is 53.0 Å². The monoisotopic (exact) mass is 201 g/mol. The fraction of sp³-hybridized carbons (Fsp3) is 0.0909. The summed E-state index contributed by atoms with van der Waals surface area (Å²) in [5.74, 6) is 0. The van der Waals surface area contributed by atoms with Gasteiger partial charge in [0.2, 0.25) is 5.56 Å². The first-order valence-corrected chi connectivity index (χ1v) is 4.58. The number of aromatic nitrogens is 2. The van der Waals surface area contributed by atoms with Crippen LogP contribution in [-0.4, -0.2) is 9.97 Å². The minimum Gasteiger partial charge on any atom is -0.321 e. The molecule has 0 aliphatic heterocycles. The molecule has 2 rings (SSSR count). The number of aromatic amines is 1. The standard InChI is InChI=1S/C11H11N3O/c1-2-9(12)8-6-10(15)14-11-7(8)4-3-5-13-11/h2-6,9H,1,12H2,(H,13,14,15). The highest BCUT2D eigenvalue weighted by molar-refractivity contribution is 5.78. The lowest BCUT2D eigenvalue weighted by Crippen LogP contribution is -2.14. The van der Waals surface area contributed by atoms with Gasteiger partial charge in [-0.2, -0.15) is 0 Å². The van der Waals surface area contributed by atoms with Gasteiger partial charge in [0, 0.05) is 23.7 Å². The second-order valence-electron chi connectivity index (χ2n) is 3.25. The average Bonchev–Trinajstić information content (AvgIpc) is 2.26. The number of pyridine rings is 2. The van der Waals surface area contributed by atoms with Gasteiger partial charge in [0.1, 0.15) is 5.65 Å². The van der Waals surface area contributed by atoms with E-state index in [0.29, 0.717) is 5.65 Å². The molecule has 2 aromatic rings. The van der Waals surface area contributed by atoms with E-state index in [1.54, 1.807) is 18.3 Å². The average molecular weight is 201 g/mol. The maximum atomic E-state index is 11.3. The van der Waals surface area contributed by atoms with E-state index >= 15 is 0 Å². The van der Waals surface area contributed by atoms with Gasteiger partial charge in [-0.3, -0.25) is 4.79 Å². The molecular formula is C11H11N3O. The number of nitrogens with two attached hydrogens (primary N) is 1. The molecule has 1 unspecified atom stereocenters. The topological polar surface area (TPSA) is 71.8 Å². The van der Waals surface area contributed by atoms with Crippen molar-refractivity contribution in [3.8, 4) is 0 Å². The molecule has 0 amide bonds. The number of nitrogens with one attached hydrogen (secondary N) is 1. The molecule has 4 nitrogen and oxygen atoms in total. The summed E-state index contributed by atoms with van der Waals surface area (Å²) in [6.45, 7) is 3.62. The normalized spacial score (nSPS) is 12.6. The van der Waals surface area contributed by atoms with Crippen molar-refractivity contribution in [3.63, 3.8) is 0 Å². The molecule has 0 radical (unpaired) electrons. The summed E-state index contributed by atoms with van der Waals surface area (Å²) >= 11 is 0. The molecule has 0 aromatic carbocycles. The molecule has 76 valence electrons. The molecule has 2 aromatic heterocycles. The predicted octanol–water partition coefficient (Wildman–Crippen LogP) is 1.11. The zero-order valence-electron chi connectivity index (χ0n) is 8.10. The van der Waals surface area contributed by atoms with E-state index in [0.717, 1.165) is 10.9 Å². The summed E-state index contributed by atoms with van der Waals surface area (Å²) in [6.07, 6.45) is 3.22. The second-order valence-corrected chi connectivity index (χ2v) is 3.25. The number of H-pyrrole nitrogens is 1. The van der Waals surface area contributed by atoms with E-state index in [-0.39, 0.29) is 11.6 Å². The molecule has 2 heterocycles. The third kappa shape index (κ3) is 1.67. The van der Waals surface area contributed by atoms with Gasteiger partial charge in [0.05, 0.1) is 0 Å². The summed E-state index contributed by atoms with van der Waals surface area (Å²) in [6, 6.07) is 4.81. The first-order valence-electron chi connectivity index (χ1n) is 4.58. The minimum atomic E-state index is -0.348. The van der Waals surface area contributed by atoms with Crippen LogP contribution in [0.25, 0.3) is 11.0 Å². The van der Waals surface area contributed by atoms with Crippen LogP contribution in [-0.2, 0) is 0 Å². The number of nitrogens with zero attached hydrogens (tertiary/aromatic N) is 1. The molecule has 0 spiro atoms. The SMILES string of the molecule is C=CC(N)c1cc(=O)[nH]c2ncccc12. The minimum absolute atomic E-state index is 0.200. The van der Waals surface area contributed by atoms with Crippen LogP contribution < -0.4 is 11.3 Å². The predicted molar refractivity (Wildman–Crippen MR) is 59.5 cm³/mol. The number of hydrogen-bond donors (Lipinski definition) is 2. The largest absolute Gasteiger partial charge is 0.321 e. The van der Waals surface area contributed by atoms with Crippen LogP contribution in [0.3, 0.4) is 0 Å². The van der Waals surface area contributed by atoms with E-state index in [2.05, 4.69) is 16.5 Å². The van der Waals surface area contributed by atoms with Gasteiger partial charge in [-0.05, 0) is 17.7 Å². The zero-order valence-corrected chi connectivity index (χ0v) is 8.10. The number of rotatable bonds is 2. The molecule has 0 saturated heterocycles. The molecule has 15 heavy (non-hydrogen) atoms. The summed E-state index contributed by atoms with van der Waals surface area (Å²) < 4.78 is 0. The molecule has 3 N–H and O–H groups in total. The number of fused-ring (bicyclic) bond motifs is 1. The van der Waals surface area contributed by atoms with Crippen LogP contribution in [0.1, 0.15) is 11.6 Å². The quantitative estimate of drug-likeness (QED) is 0.715. The van der Waals surface area contributed by atoms with E-state index in [1.807, 2.05) is 6.07 Å². The molecule has 0 saturated carbocycles. The zero-order chi connectivity index (χ0) is 10.8. The lowest BCUT2D eigenvalue weighted by molar-refractivity contribution is 0.918. The first kappa shape index (κ1) is 9.61. The van der Waals surface area contributed by atoms with Crippen molar-refractivity contribution in [1.82, 2.24) is 9.97 Å². The Kier molecular flexibility index (Phi) is 2.35. The van der Waals surface area contributed by atoms with Gasteiger partial charge < -0.3 is 10.7 Å². The van der Waals surface area contributed by atoms with Crippen LogP contribution in [0.2, 0.25) is 0 Å². The van der Waals surface area contributed by atoms with Crippen LogP contribution in [0.4, 0.5) is 0 Å². The highest BCUT2D eigenvalue weighted by Gasteiger charge is 2.08. The summed E-state index contributed by atoms with van der Waals surface area (Å²) in [5.41, 5.74) is 6.93. The Balaban J connectivity index is 2.82. The highest BCUT2D eigenvalue weighted by atomic mass is 16.1. The van der Waals surface area contributed by atoms with Gasteiger partial charge >= 0.3 is 0 Å². The van der Waals surface area contributed by atoms with Crippen molar-refractivity contribution in [1.29, 1.82) is 0 Å². The Bertz CT molecular complexity index is 559. The van der Waals surface area contributed by atoms with Crippen molar-refractivity contribution in [2.45, 2.75) is 6.04 Å². The van der Waals surface area contributed by atoms with E-state index in [9.17, 15) is 4.79 Å². The Labute approximate surface area is 86.5 Å². The molecular weight excluding hydrogens is 190 g/mol. The third-order valence-electron chi connectivity index (χ3n) is 2.26. The Morgan fingerprint density at radius 1 is 1.60 bits per heavy atom. The van der Waals surface area contributed by atoms with E-state index in [1.165, 1.54) is 6.07 Å². The summed E-state index contributed by atoms with van der Waals surface area (Å²) in [7, 11) is 0. The maximum absolute atomic E-state index is 11.3. The Morgan fingerprint density at radius 3 is 3.13 bits per heavy atom. The van der Waals surface area contributed by atoms with Crippen LogP contribution >= 0.6 is 0 Å².